The number of anilines is 1. The van der Waals surface area contributed by atoms with Crippen LogP contribution in [0.1, 0.15) is 38.7 Å². The molecule has 6 heteroatoms. The summed E-state index contributed by atoms with van der Waals surface area (Å²) in [5.41, 5.74) is -0.365. The molecule has 0 heterocycles. The van der Waals surface area contributed by atoms with Crippen molar-refractivity contribution >= 4 is 11.4 Å². The molecule has 0 amide bonds. The van der Waals surface area contributed by atoms with Crippen LogP contribution in [0.4, 0.5) is 20.2 Å². The second-order valence-electron chi connectivity index (χ2n) is 4.39. The van der Waals surface area contributed by atoms with E-state index in [1.807, 2.05) is 13.8 Å². The zero-order chi connectivity index (χ0) is 14.4. The quantitative estimate of drug-likeness (QED) is 0.592. The van der Waals surface area contributed by atoms with Crippen LogP contribution in [-0.2, 0) is 0 Å². The van der Waals surface area contributed by atoms with Crippen molar-refractivity contribution in [2.45, 2.75) is 33.1 Å². The number of nitro groups is 1. The van der Waals surface area contributed by atoms with Crippen molar-refractivity contribution in [2.24, 2.45) is 5.92 Å². The second-order valence-corrected chi connectivity index (χ2v) is 4.39. The predicted octanol–water partition coefficient (Wildman–Crippen LogP) is 4.38. The molecule has 1 aromatic carbocycles. The van der Waals surface area contributed by atoms with Gasteiger partial charge >= 0.3 is 0 Å². The first-order chi connectivity index (χ1) is 8.99. The van der Waals surface area contributed by atoms with Crippen LogP contribution >= 0.6 is 0 Å². The lowest BCUT2D eigenvalue weighted by molar-refractivity contribution is -0.385. The highest BCUT2D eigenvalue weighted by atomic mass is 19.3. The lowest BCUT2D eigenvalue weighted by Crippen LogP contribution is -2.14. The number of benzene rings is 1. The van der Waals surface area contributed by atoms with Gasteiger partial charge in [-0.05, 0) is 12.0 Å². The molecule has 0 spiro atoms. The van der Waals surface area contributed by atoms with E-state index in [2.05, 4.69) is 5.32 Å². The Morgan fingerprint density at radius 1 is 1.32 bits per heavy atom. The van der Waals surface area contributed by atoms with E-state index >= 15 is 0 Å². The van der Waals surface area contributed by atoms with Gasteiger partial charge in [-0.15, -0.1) is 0 Å². The highest BCUT2D eigenvalue weighted by Crippen LogP contribution is 2.30. The van der Waals surface area contributed by atoms with Crippen molar-refractivity contribution in [1.29, 1.82) is 0 Å². The summed E-state index contributed by atoms with van der Waals surface area (Å²) < 4.78 is 25.8. The van der Waals surface area contributed by atoms with Gasteiger partial charge in [-0.2, -0.15) is 0 Å². The normalized spacial score (nSPS) is 11.1. The summed E-state index contributed by atoms with van der Waals surface area (Å²) in [6, 6.07) is 3.52. The van der Waals surface area contributed by atoms with Crippen LogP contribution in [0.25, 0.3) is 0 Å². The summed E-state index contributed by atoms with van der Waals surface area (Å²) in [5, 5.41) is 13.5. The van der Waals surface area contributed by atoms with E-state index in [1.54, 1.807) is 0 Å². The summed E-state index contributed by atoms with van der Waals surface area (Å²) in [4.78, 5) is 9.92. The van der Waals surface area contributed by atoms with Crippen molar-refractivity contribution in [3.8, 4) is 0 Å². The standard InChI is InChI=1S/C13H18F2N2O2/c1-3-9(4-2)8-16-12-6-5-10(17(18)19)7-11(12)13(14)15/h5-7,9,13,16H,3-4,8H2,1-2H3. The minimum absolute atomic E-state index is 0.271. The van der Waals surface area contributed by atoms with E-state index in [9.17, 15) is 18.9 Å². The van der Waals surface area contributed by atoms with Gasteiger partial charge in [0, 0.05) is 29.9 Å². The molecule has 1 rings (SSSR count). The van der Waals surface area contributed by atoms with Crippen molar-refractivity contribution < 1.29 is 13.7 Å². The van der Waals surface area contributed by atoms with E-state index in [1.165, 1.54) is 12.1 Å². The fraction of sp³-hybridized carbons (Fsp3) is 0.538. The third-order valence-corrected chi connectivity index (χ3v) is 3.22. The minimum atomic E-state index is -2.73. The molecule has 0 radical (unpaired) electrons. The first-order valence-corrected chi connectivity index (χ1v) is 6.29. The van der Waals surface area contributed by atoms with Gasteiger partial charge in [0.2, 0.25) is 0 Å². The molecule has 0 aliphatic carbocycles. The fourth-order valence-corrected chi connectivity index (χ4v) is 1.84. The van der Waals surface area contributed by atoms with Crippen LogP contribution in [0, 0.1) is 16.0 Å². The Hall–Kier alpha value is -1.72. The van der Waals surface area contributed by atoms with Crippen LogP contribution in [0.3, 0.4) is 0 Å². The Morgan fingerprint density at radius 2 is 1.95 bits per heavy atom. The van der Waals surface area contributed by atoms with E-state index in [-0.39, 0.29) is 16.9 Å². The van der Waals surface area contributed by atoms with Gasteiger partial charge in [0.1, 0.15) is 0 Å². The van der Waals surface area contributed by atoms with Crippen molar-refractivity contribution in [3.63, 3.8) is 0 Å². The van der Waals surface area contributed by atoms with Crippen LogP contribution in [0.15, 0.2) is 18.2 Å². The van der Waals surface area contributed by atoms with Gasteiger partial charge in [-0.3, -0.25) is 10.1 Å². The van der Waals surface area contributed by atoms with E-state index in [0.717, 1.165) is 18.9 Å². The summed E-state index contributed by atoms with van der Waals surface area (Å²) in [6.45, 7) is 4.67. The highest BCUT2D eigenvalue weighted by Gasteiger charge is 2.18. The van der Waals surface area contributed by atoms with Crippen molar-refractivity contribution in [1.82, 2.24) is 0 Å². The van der Waals surface area contributed by atoms with Gasteiger partial charge in [0.05, 0.1) is 4.92 Å². The Kier molecular flexibility index (Phi) is 5.66. The zero-order valence-electron chi connectivity index (χ0n) is 11.0. The smallest absolute Gasteiger partial charge is 0.270 e. The van der Waals surface area contributed by atoms with Crippen molar-refractivity contribution in [3.05, 3.63) is 33.9 Å². The van der Waals surface area contributed by atoms with Crippen LogP contribution in [-0.4, -0.2) is 11.5 Å². The first-order valence-electron chi connectivity index (χ1n) is 6.29. The summed E-state index contributed by atoms with van der Waals surface area (Å²) in [7, 11) is 0. The maximum absolute atomic E-state index is 12.9. The average Bonchev–Trinajstić information content (AvgIpc) is 2.39. The number of rotatable bonds is 7. The molecule has 0 saturated carbocycles. The molecule has 106 valence electrons. The highest BCUT2D eigenvalue weighted by molar-refractivity contribution is 5.56. The molecule has 0 bridgehead atoms. The Balaban J connectivity index is 2.91. The lowest BCUT2D eigenvalue weighted by Gasteiger charge is -2.16. The van der Waals surface area contributed by atoms with Gasteiger partial charge in [-0.1, -0.05) is 26.7 Å². The van der Waals surface area contributed by atoms with Gasteiger partial charge in [-0.25, -0.2) is 8.78 Å². The number of non-ortho nitro benzene ring substituents is 1. The molecular formula is C13H18F2N2O2. The molecular weight excluding hydrogens is 254 g/mol. The van der Waals surface area contributed by atoms with Crippen molar-refractivity contribution in [2.75, 3.05) is 11.9 Å². The summed E-state index contributed by atoms with van der Waals surface area (Å²) in [6.07, 6.45) is -0.815. The number of halogens is 2. The van der Waals surface area contributed by atoms with Crippen LogP contribution < -0.4 is 5.32 Å². The number of alkyl halides is 2. The molecule has 4 nitrogen and oxygen atoms in total. The molecule has 1 aromatic rings. The summed E-state index contributed by atoms with van der Waals surface area (Å²) >= 11 is 0. The maximum Gasteiger partial charge on any atom is 0.270 e. The van der Waals surface area contributed by atoms with Crippen LogP contribution in [0.5, 0.6) is 0 Å². The minimum Gasteiger partial charge on any atom is -0.384 e. The molecule has 0 unspecified atom stereocenters. The monoisotopic (exact) mass is 272 g/mol. The Labute approximate surface area is 111 Å². The largest absolute Gasteiger partial charge is 0.384 e. The fourth-order valence-electron chi connectivity index (χ4n) is 1.84. The number of hydrogen-bond acceptors (Lipinski definition) is 3. The van der Waals surface area contributed by atoms with E-state index in [4.69, 9.17) is 0 Å². The zero-order valence-corrected chi connectivity index (χ0v) is 11.0. The summed E-state index contributed by atoms with van der Waals surface area (Å²) in [5.74, 6) is 0.403. The Bertz CT molecular complexity index is 435. The third kappa shape index (κ3) is 4.15. The topological polar surface area (TPSA) is 55.2 Å². The van der Waals surface area contributed by atoms with E-state index in [0.29, 0.717) is 12.5 Å². The maximum atomic E-state index is 12.9. The molecule has 0 aliphatic heterocycles. The van der Waals surface area contributed by atoms with Gasteiger partial charge < -0.3 is 5.32 Å². The number of nitro benzene ring substituents is 1. The lowest BCUT2D eigenvalue weighted by atomic mass is 10.0. The van der Waals surface area contributed by atoms with Gasteiger partial charge in [0.25, 0.3) is 12.1 Å². The molecule has 19 heavy (non-hydrogen) atoms. The molecule has 0 fully saturated rings. The molecule has 0 atom stereocenters. The molecule has 1 N–H and O–H groups in total. The Morgan fingerprint density at radius 3 is 2.42 bits per heavy atom. The third-order valence-electron chi connectivity index (χ3n) is 3.22. The first kappa shape index (κ1) is 15.3. The van der Waals surface area contributed by atoms with E-state index < -0.39 is 11.3 Å². The number of nitrogens with one attached hydrogen (secondary N) is 1. The van der Waals surface area contributed by atoms with Gasteiger partial charge in [0.15, 0.2) is 0 Å². The molecule has 0 saturated heterocycles. The molecule has 0 aromatic heterocycles. The average molecular weight is 272 g/mol. The molecule has 0 aliphatic rings. The number of nitrogens with zero attached hydrogens (tertiary/aromatic N) is 1. The second kappa shape index (κ2) is 7.01. The predicted molar refractivity (Wildman–Crippen MR) is 70.6 cm³/mol. The SMILES string of the molecule is CCC(CC)CNc1ccc([N+](=O)[O-])cc1C(F)F. The number of hydrogen-bond donors (Lipinski definition) is 1. The van der Waals surface area contributed by atoms with Crippen LogP contribution in [0.2, 0.25) is 0 Å².